The first kappa shape index (κ1) is 10.0. The maximum Gasteiger partial charge on any atom is 0.354 e. The van der Waals surface area contributed by atoms with Crippen LogP contribution in [0.2, 0.25) is 0 Å². The van der Waals surface area contributed by atoms with E-state index in [4.69, 9.17) is 4.74 Å². The molecule has 0 fully saturated rings. The highest BCUT2D eigenvalue weighted by Gasteiger charge is 2.08. The van der Waals surface area contributed by atoms with E-state index in [1.54, 1.807) is 20.0 Å². The molecule has 0 aliphatic heterocycles. The Labute approximate surface area is 67.4 Å². The van der Waals surface area contributed by atoms with E-state index in [2.05, 4.69) is 5.32 Å². The number of nitrogens with one attached hydrogen (secondary N) is 1. The zero-order valence-corrected chi connectivity index (χ0v) is 7.47. The van der Waals surface area contributed by atoms with Crippen molar-refractivity contribution in [3.05, 3.63) is 11.8 Å². The van der Waals surface area contributed by atoms with Crippen LogP contribution in [0.15, 0.2) is 11.8 Å². The lowest BCUT2D eigenvalue weighted by atomic mass is 10.4. The lowest BCUT2D eigenvalue weighted by molar-refractivity contribution is -0.143. The van der Waals surface area contributed by atoms with Crippen LogP contribution in [-0.4, -0.2) is 19.1 Å². The van der Waals surface area contributed by atoms with E-state index in [1.807, 2.05) is 13.8 Å². The molecule has 1 N–H and O–H groups in total. The molecule has 0 radical (unpaired) electrons. The molecule has 0 unspecified atom stereocenters. The van der Waals surface area contributed by atoms with Crippen LogP contribution in [0.5, 0.6) is 0 Å². The van der Waals surface area contributed by atoms with Crippen LogP contribution in [0.1, 0.15) is 20.8 Å². The van der Waals surface area contributed by atoms with Crippen molar-refractivity contribution < 1.29 is 9.53 Å². The first-order chi connectivity index (χ1) is 5.11. The highest BCUT2D eigenvalue weighted by molar-refractivity contribution is 5.87. The van der Waals surface area contributed by atoms with Crippen LogP contribution in [0.4, 0.5) is 0 Å². The van der Waals surface area contributed by atoms with Gasteiger partial charge in [-0.3, -0.25) is 0 Å². The summed E-state index contributed by atoms with van der Waals surface area (Å²) in [6.45, 7) is 5.43. The van der Waals surface area contributed by atoms with Crippen LogP contribution >= 0.6 is 0 Å². The zero-order valence-electron chi connectivity index (χ0n) is 7.47. The van der Waals surface area contributed by atoms with Crippen LogP contribution in [0.25, 0.3) is 0 Å². The van der Waals surface area contributed by atoms with Gasteiger partial charge in [0.15, 0.2) is 0 Å². The number of ether oxygens (including phenoxy) is 1. The largest absolute Gasteiger partial charge is 0.458 e. The highest BCUT2D eigenvalue weighted by atomic mass is 16.5. The Morgan fingerprint density at radius 2 is 2.09 bits per heavy atom. The maximum atomic E-state index is 11.1. The predicted molar refractivity (Wildman–Crippen MR) is 44.0 cm³/mol. The number of hydrogen-bond donors (Lipinski definition) is 1. The summed E-state index contributed by atoms with van der Waals surface area (Å²) < 4.78 is 4.92. The van der Waals surface area contributed by atoms with Gasteiger partial charge in [-0.15, -0.1) is 0 Å². The van der Waals surface area contributed by atoms with Gasteiger partial charge in [0, 0.05) is 7.05 Å². The topological polar surface area (TPSA) is 38.3 Å². The third kappa shape index (κ3) is 3.65. The lowest BCUT2D eigenvalue weighted by Crippen LogP contribution is -2.21. The second-order valence-electron chi connectivity index (χ2n) is 2.41. The molecule has 0 saturated carbocycles. The Balaban J connectivity index is 4.02. The fourth-order valence-electron chi connectivity index (χ4n) is 0.642. The van der Waals surface area contributed by atoms with Crippen molar-refractivity contribution in [2.24, 2.45) is 0 Å². The van der Waals surface area contributed by atoms with Crippen molar-refractivity contribution >= 4 is 5.97 Å². The highest BCUT2D eigenvalue weighted by Crippen LogP contribution is 1.96. The predicted octanol–water partition coefficient (Wildman–Crippen LogP) is 1.06. The third-order valence-electron chi connectivity index (χ3n) is 1.12. The molecule has 0 aromatic heterocycles. The average Bonchev–Trinajstić information content (AvgIpc) is 1.88. The van der Waals surface area contributed by atoms with Gasteiger partial charge in [-0.1, -0.05) is 6.08 Å². The van der Waals surface area contributed by atoms with Crippen molar-refractivity contribution in [2.75, 3.05) is 7.05 Å². The van der Waals surface area contributed by atoms with Crippen LogP contribution in [0.3, 0.4) is 0 Å². The van der Waals surface area contributed by atoms with Crippen molar-refractivity contribution in [1.82, 2.24) is 5.32 Å². The zero-order chi connectivity index (χ0) is 8.85. The minimum absolute atomic E-state index is 0.0641. The molecule has 3 nitrogen and oxygen atoms in total. The molecular weight excluding hydrogens is 142 g/mol. The fourth-order valence-corrected chi connectivity index (χ4v) is 0.642. The lowest BCUT2D eigenvalue weighted by Gasteiger charge is -2.09. The fraction of sp³-hybridized carbons (Fsp3) is 0.625. The second-order valence-corrected chi connectivity index (χ2v) is 2.41. The summed E-state index contributed by atoms with van der Waals surface area (Å²) in [4.78, 5) is 11.1. The van der Waals surface area contributed by atoms with E-state index in [0.717, 1.165) is 0 Å². The van der Waals surface area contributed by atoms with Gasteiger partial charge in [-0.2, -0.15) is 0 Å². The molecule has 0 aliphatic rings. The second kappa shape index (κ2) is 4.77. The molecular formula is C8H15NO2. The summed E-state index contributed by atoms with van der Waals surface area (Å²) in [5.41, 5.74) is 0.499. The van der Waals surface area contributed by atoms with E-state index in [-0.39, 0.29) is 12.1 Å². The quantitative estimate of drug-likeness (QED) is 0.491. The van der Waals surface area contributed by atoms with E-state index in [9.17, 15) is 4.79 Å². The monoisotopic (exact) mass is 157 g/mol. The van der Waals surface area contributed by atoms with Gasteiger partial charge in [0.05, 0.1) is 6.10 Å². The number of likely N-dealkylation sites (N-methyl/N-ethyl adjacent to an activating group) is 1. The number of carbonyl (C=O) groups is 1. The van der Waals surface area contributed by atoms with Crippen molar-refractivity contribution in [2.45, 2.75) is 26.9 Å². The van der Waals surface area contributed by atoms with E-state index in [1.165, 1.54) is 0 Å². The number of allylic oxidation sites excluding steroid dienone is 1. The van der Waals surface area contributed by atoms with Crippen molar-refractivity contribution in [3.63, 3.8) is 0 Å². The summed E-state index contributed by atoms with van der Waals surface area (Å²) in [7, 11) is 1.69. The smallest absolute Gasteiger partial charge is 0.354 e. The molecule has 0 aliphatic carbocycles. The Bertz CT molecular complexity index is 161. The van der Waals surface area contributed by atoms with Crippen LogP contribution < -0.4 is 5.32 Å². The maximum absolute atomic E-state index is 11.1. The van der Waals surface area contributed by atoms with Gasteiger partial charge in [0.25, 0.3) is 0 Å². The first-order valence-electron chi connectivity index (χ1n) is 3.66. The van der Waals surface area contributed by atoms with Gasteiger partial charge >= 0.3 is 5.97 Å². The van der Waals surface area contributed by atoms with Gasteiger partial charge in [0.1, 0.15) is 5.70 Å². The van der Waals surface area contributed by atoms with Gasteiger partial charge in [-0.05, 0) is 20.8 Å². The van der Waals surface area contributed by atoms with Crippen molar-refractivity contribution in [1.29, 1.82) is 0 Å². The molecule has 11 heavy (non-hydrogen) atoms. The summed E-state index contributed by atoms with van der Waals surface area (Å²) in [5, 5.41) is 2.74. The minimum atomic E-state index is -0.301. The standard InChI is InChI=1S/C8H15NO2/c1-5-7(9-4)8(10)11-6(2)3/h5-6,9H,1-4H3. The summed E-state index contributed by atoms with van der Waals surface area (Å²) >= 11 is 0. The minimum Gasteiger partial charge on any atom is -0.458 e. The molecule has 0 amide bonds. The summed E-state index contributed by atoms with van der Waals surface area (Å²) in [6, 6.07) is 0. The summed E-state index contributed by atoms with van der Waals surface area (Å²) in [6.07, 6.45) is 1.62. The Hall–Kier alpha value is -0.990. The van der Waals surface area contributed by atoms with Gasteiger partial charge < -0.3 is 10.1 Å². The molecule has 0 heterocycles. The number of carbonyl (C=O) groups excluding carboxylic acids is 1. The van der Waals surface area contributed by atoms with E-state index in [0.29, 0.717) is 5.70 Å². The Morgan fingerprint density at radius 1 is 1.55 bits per heavy atom. The molecule has 0 aromatic rings. The molecule has 64 valence electrons. The molecule has 0 saturated heterocycles. The number of rotatable bonds is 3. The number of hydrogen-bond acceptors (Lipinski definition) is 3. The normalized spacial score (nSPS) is 11.5. The Kier molecular flexibility index (Phi) is 4.34. The van der Waals surface area contributed by atoms with Gasteiger partial charge in [-0.25, -0.2) is 4.79 Å². The van der Waals surface area contributed by atoms with Crippen LogP contribution in [-0.2, 0) is 9.53 Å². The number of esters is 1. The molecule has 0 spiro atoms. The molecule has 0 rings (SSSR count). The van der Waals surface area contributed by atoms with Crippen molar-refractivity contribution in [3.8, 4) is 0 Å². The molecule has 0 atom stereocenters. The SMILES string of the molecule is CC=C(NC)C(=O)OC(C)C. The first-order valence-corrected chi connectivity index (χ1v) is 3.66. The third-order valence-corrected chi connectivity index (χ3v) is 1.12. The van der Waals surface area contributed by atoms with Crippen LogP contribution in [0, 0.1) is 0 Å². The molecule has 0 bridgehead atoms. The Morgan fingerprint density at radius 3 is 2.36 bits per heavy atom. The molecule has 3 heteroatoms. The van der Waals surface area contributed by atoms with Gasteiger partial charge in [0.2, 0.25) is 0 Å². The van der Waals surface area contributed by atoms with E-state index < -0.39 is 0 Å². The van der Waals surface area contributed by atoms with E-state index >= 15 is 0 Å². The summed E-state index contributed by atoms with van der Waals surface area (Å²) in [5.74, 6) is -0.301. The molecule has 0 aromatic carbocycles. The average molecular weight is 157 g/mol.